The molecule has 18 heavy (non-hydrogen) atoms. The molecule has 0 rings (SSSR count). The lowest BCUT2D eigenvalue weighted by molar-refractivity contribution is -0.517. The monoisotopic (exact) mass is 264 g/mol. The number of hydrogen-bond acceptors (Lipinski definition) is 6. The molecule has 6 nitrogen and oxygen atoms in total. The number of ether oxygens (including phenoxy) is 2. The first-order valence-electron chi connectivity index (χ1n) is 6.13. The van der Waals surface area contributed by atoms with Gasteiger partial charge in [-0.1, -0.05) is 13.3 Å². The lowest BCUT2D eigenvalue weighted by Crippen LogP contribution is -2.25. The highest BCUT2D eigenvalue weighted by atomic mass is 17.5. The maximum atomic E-state index is 11.1. The van der Waals surface area contributed by atoms with Gasteiger partial charge < -0.3 is 9.47 Å². The predicted molar refractivity (Wildman–Crippen MR) is 64.7 cm³/mol. The molecule has 0 heterocycles. The Morgan fingerprint density at radius 3 is 2.56 bits per heavy atom. The minimum Gasteiger partial charge on any atom is -0.432 e. The molecule has 0 saturated heterocycles. The number of carbonyl (C=O) groups excluding carboxylic acids is 1. The van der Waals surface area contributed by atoms with Crippen molar-refractivity contribution in [1.82, 2.24) is 0 Å². The summed E-state index contributed by atoms with van der Waals surface area (Å²) in [6, 6.07) is 0. The van der Waals surface area contributed by atoms with Crippen molar-refractivity contribution in [1.29, 1.82) is 0 Å². The summed E-state index contributed by atoms with van der Waals surface area (Å²) in [6.07, 6.45) is 1.42. The van der Waals surface area contributed by atoms with E-state index >= 15 is 0 Å². The molecule has 0 aromatic carbocycles. The van der Waals surface area contributed by atoms with Gasteiger partial charge in [0, 0.05) is 13.5 Å². The summed E-state index contributed by atoms with van der Waals surface area (Å²) >= 11 is 0. The van der Waals surface area contributed by atoms with Gasteiger partial charge in [-0.25, -0.2) is 9.68 Å². The normalized spacial score (nSPS) is 13.2. The van der Waals surface area contributed by atoms with Crippen LogP contribution in [0.3, 0.4) is 0 Å². The van der Waals surface area contributed by atoms with Crippen LogP contribution < -0.4 is 0 Å². The van der Waals surface area contributed by atoms with Gasteiger partial charge in [0.1, 0.15) is 5.60 Å². The van der Waals surface area contributed by atoms with Crippen molar-refractivity contribution in [2.45, 2.75) is 58.7 Å². The van der Waals surface area contributed by atoms with E-state index in [2.05, 4.69) is 9.93 Å². The van der Waals surface area contributed by atoms with Gasteiger partial charge >= 0.3 is 6.16 Å². The van der Waals surface area contributed by atoms with Crippen LogP contribution in [0.4, 0.5) is 4.79 Å². The van der Waals surface area contributed by atoms with Crippen molar-refractivity contribution in [2.75, 3.05) is 13.7 Å². The molecule has 0 bridgehead atoms. The van der Waals surface area contributed by atoms with E-state index in [-0.39, 0.29) is 12.7 Å². The van der Waals surface area contributed by atoms with Gasteiger partial charge in [-0.05, 0) is 32.2 Å². The van der Waals surface area contributed by atoms with Crippen LogP contribution in [0.15, 0.2) is 0 Å². The lowest BCUT2D eigenvalue weighted by Gasteiger charge is -2.20. The minimum absolute atomic E-state index is 0.0263. The first kappa shape index (κ1) is 17.2. The van der Waals surface area contributed by atoms with Crippen LogP contribution in [0, 0.1) is 0 Å². The molecule has 0 amide bonds. The maximum Gasteiger partial charge on any atom is 0.542 e. The Labute approximate surface area is 108 Å². The molecule has 6 heteroatoms. The second-order valence-corrected chi connectivity index (χ2v) is 4.68. The Kier molecular flexibility index (Phi) is 8.70. The largest absolute Gasteiger partial charge is 0.542 e. The van der Waals surface area contributed by atoms with Crippen molar-refractivity contribution in [3.8, 4) is 0 Å². The van der Waals surface area contributed by atoms with E-state index < -0.39 is 11.8 Å². The van der Waals surface area contributed by atoms with Gasteiger partial charge in [-0.3, -0.25) is 0 Å². The summed E-state index contributed by atoms with van der Waals surface area (Å²) < 4.78 is 9.74. The topological polar surface area (TPSA) is 63.2 Å². The minimum atomic E-state index is -0.925. The van der Waals surface area contributed by atoms with E-state index in [4.69, 9.17) is 14.4 Å². The zero-order chi connectivity index (χ0) is 14.0. The Morgan fingerprint density at radius 1 is 1.33 bits per heavy atom. The van der Waals surface area contributed by atoms with Gasteiger partial charge in [-0.2, -0.15) is 4.89 Å². The van der Waals surface area contributed by atoms with Crippen molar-refractivity contribution < 1.29 is 29.1 Å². The van der Waals surface area contributed by atoms with Gasteiger partial charge in [0.05, 0.1) is 12.7 Å². The molecular formula is C12H24O6. The predicted octanol–water partition coefficient (Wildman–Crippen LogP) is 3.01. The van der Waals surface area contributed by atoms with Crippen molar-refractivity contribution in [3.63, 3.8) is 0 Å². The molecule has 1 atom stereocenters. The number of carbonyl (C=O) groups is 1. The van der Waals surface area contributed by atoms with Gasteiger partial charge in [0.25, 0.3) is 0 Å². The fourth-order valence-electron chi connectivity index (χ4n) is 1.23. The third-order valence-corrected chi connectivity index (χ3v) is 2.36. The molecule has 0 saturated carbocycles. The molecule has 108 valence electrons. The second kappa shape index (κ2) is 9.13. The number of methoxy groups -OCH3 is 1. The Balaban J connectivity index is 3.59. The molecule has 0 aromatic heterocycles. The Bertz CT molecular complexity index is 229. The third kappa shape index (κ3) is 9.21. The molecule has 0 aliphatic rings. The fourth-order valence-corrected chi connectivity index (χ4v) is 1.23. The average Bonchev–Trinajstić information content (AvgIpc) is 2.28. The summed E-state index contributed by atoms with van der Waals surface area (Å²) in [5, 5.41) is 4.39. The summed E-state index contributed by atoms with van der Waals surface area (Å²) in [5.74, 6) is 0. The maximum absolute atomic E-state index is 11.1. The molecule has 0 N–H and O–H groups in total. The molecular weight excluding hydrogens is 240 g/mol. The standard InChI is InChI=1S/C12H24O6/c1-6-8-12(3,4)17-18-16-11(13)15-9-7-10(2)14-5/h10H,6-9H2,1-5H3. The molecule has 0 aliphatic carbocycles. The first-order chi connectivity index (χ1) is 8.41. The van der Waals surface area contributed by atoms with E-state index in [0.29, 0.717) is 6.42 Å². The van der Waals surface area contributed by atoms with Crippen LogP contribution in [-0.2, 0) is 24.3 Å². The van der Waals surface area contributed by atoms with Gasteiger partial charge in [0.2, 0.25) is 0 Å². The van der Waals surface area contributed by atoms with Crippen LogP contribution >= 0.6 is 0 Å². The third-order valence-electron chi connectivity index (χ3n) is 2.36. The number of hydrogen-bond donors (Lipinski definition) is 0. The zero-order valence-electron chi connectivity index (χ0n) is 11.9. The fraction of sp³-hybridized carbons (Fsp3) is 0.917. The van der Waals surface area contributed by atoms with Crippen LogP contribution in [0.5, 0.6) is 0 Å². The highest BCUT2D eigenvalue weighted by molar-refractivity contribution is 5.58. The summed E-state index contributed by atoms with van der Waals surface area (Å²) in [4.78, 5) is 20.3. The van der Waals surface area contributed by atoms with Gasteiger partial charge in [-0.15, -0.1) is 0 Å². The summed E-state index contributed by atoms with van der Waals surface area (Å²) in [7, 11) is 1.59. The molecule has 0 fully saturated rings. The van der Waals surface area contributed by atoms with E-state index in [1.807, 2.05) is 27.7 Å². The van der Waals surface area contributed by atoms with Crippen LogP contribution in [0.2, 0.25) is 0 Å². The van der Waals surface area contributed by atoms with Crippen molar-refractivity contribution in [2.24, 2.45) is 0 Å². The molecule has 0 aromatic rings. The zero-order valence-corrected chi connectivity index (χ0v) is 11.9. The van der Waals surface area contributed by atoms with Crippen molar-refractivity contribution in [3.05, 3.63) is 0 Å². The molecule has 0 aliphatic heterocycles. The van der Waals surface area contributed by atoms with Gasteiger partial charge in [0.15, 0.2) is 0 Å². The molecule has 0 spiro atoms. The molecule has 0 radical (unpaired) electrons. The van der Waals surface area contributed by atoms with E-state index in [1.54, 1.807) is 7.11 Å². The molecule has 1 unspecified atom stereocenters. The Hall–Kier alpha value is -0.850. The van der Waals surface area contributed by atoms with Crippen LogP contribution in [-0.4, -0.2) is 31.6 Å². The summed E-state index contributed by atoms with van der Waals surface area (Å²) in [6.45, 7) is 7.78. The average molecular weight is 264 g/mol. The highest BCUT2D eigenvalue weighted by Gasteiger charge is 2.20. The SMILES string of the molecule is CCCC(C)(C)OOOC(=O)OCCC(C)OC. The smallest absolute Gasteiger partial charge is 0.432 e. The summed E-state index contributed by atoms with van der Waals surface area (Å²) in [5.41, 5.74) is -0.500. The van der Waals surface area contributed by atoms with Crippen molar-refractivity contribution >= 4 is 6.16 Å². The van der Waals surface area contributed by atoms with Crippen LogP contribution in [0.25, 0.3) is 0 Å². The van der Waals surface area contributed by atoms with E-state index in [1.165, 1.54) is 0 Å². The quantitative estimate of drug-likeness (QED) is 0.362. The lowest BCUT2D eigenvalue weighted by atomic mass is 10.0. The van der Waals surface area contributed by atoms with E-state index in [0.717, 1.165) is 12.8 Å². The first-order valence-corrected chi connectivity index (χ1v) is 6.13. The second-order valence-electron chi connectivity index (χ2n) is 4.68. The Morgan fingerprint density at radius 2 is 2.00 bits per heavy atom. The highest BCUT2D eigenvalue weighted by Crippen LogP contribution is 2.16. The van der Waals surface area contributed by atoms with E-state index in [9.17, 15) is 4.79 Å². The number of rotatable bonds is 9. The van der Waals surface area contributed by atoms with Crippen LogP contribution in [0.1, 0.15) is 47.0 Å².